The van der Waals surface area contributed by atoms with Crippen LogP contribution in [0.5, 0.6) is 5.75 Å². The van der Waals surface area contributed by atoms with Gasteiger partial charge >= 0.3 is 0 Å². The zero-order valence-electron chi connectivity index (χ0n) is 14.4. The van der Waals surface area contributed by atoms with Crippen LogP contribution < -0.4 is 15.0 Å². The maximum atomic E-state index is 12.5. The first-order chi connectivity index (χ1) is 12.1. The van der Waals surface area contributed by atoms with Crippen LogP contribution in [0, 0.1) is 5.92 Å². The highest BCUT2D eigenvalue weighted by atomic mass is 16.5. The first kappa shape index (κ1) is 17.1. The molecule has 1 aromatic carbocycles. The Morgan fingerprint density at radius 3 is 2.76 bits per heavy atom. The fraction of sp³-hybridized carbons (Fsp3) is 0.368. The molecule has 0 radical (unpaired) electrons. The molecular formula is C19H22N2O4. The van der Waals surface area contributed by atoms with Gasteiger partial charge in [0.2, 0.25) is 11.8 Å². The van der Waals surface area contributed by atoms with Crippen molar-refractivity contribution < 1.29 is 18.7 Å². The van der Waals surface area contributed by atoms with Crippen molar-refractivity contribution >= 4 is 17.5 Å². The van der Waals surface area contributed by atoms with Crippen LogP contribution in [0.4, 0.5) is 5.69 Å². The summed E-state index contributed by atoms with van der Waals surface area (Å²) in [7, 11) is 1.60. The molecule has 2 atom stereocenters. The van der Waals surface area contributed by atoms with Crippen LogP contribution in [-0.2, 0) is 16.0 Å². The van der Waals surface area contributed by atoms with Crippen molar-refractivity contribution in [2.75, 3.05) is 18.6 Å². The van der Waals surface area contributed by atoms with Crippen LogP contribution in [0.2, 0.25) is 0 Å². The van der Waals surface area contributed by atoms with Crippen LogP contribution in [0.3, 0.4) is 0 Å². The van der Waals surface area contributed by atoms with Gasteiger partial charge in [-0.25, -0.2) is 0 Å². The molecule has 2 heterocycles. The monoisotopic (exact) mass is 342 g/mol. The number of amides is 2. The normalized spacial score (nSPS) is 18.2. The van der Waals surface area contributed by atoms with Gasteiger partial charge in [0.25, 0.3) is 0 Å². The molecular weight excluding hydrogens is 320 g/mol. The number of hydrogen-bond donors (Lipinski definition) is 1. The van der Waals surface area contributed by atoms with Crippen molar-refractivity contribution in [2.24, 2.45) is 5.92 Å². The van der Waals surface area contributed by atoms with Crippen molar-refractivity contribution in [1.82, 2.24) is 5.32 Å². The van der Waals surface area contributed by atoms with Gasteiger partial charge in [0.15, 0.2) is 0 Å². The van der Waals surface area contributed by atoms with Gasteiger partial charge in [0.05, 0.1) is 19.3 Å². The summed E-state index contributed by atoms with van der Waals surface area (Å²) in [5.74, 6) is 1.09. The third kappa shape index (κ3) is 4.02. The van der Waals surface area contributed by atoms with E-state index in [-0.39, 0.29) is 30.2 Å². The first-order valence-electron chi connectivity index (χ1n) is 8.34. The predicted molar refractivity (Wildman–Crippen MR) is 93.5 cm³/mol. The lowest BCUT2D eigenvalue weighted by Crippen LogP contribution is -2.39. The Kier molecular flexibility index (Phi) is 5.07. The predicted octanol–water partition coefficient (Wildman–Crippen LogP) is 2.39. The molecule has 3 rings (SSSR count). The van der Waals surface area contributed by atoms with Crippen molar-refractivity contribution in [1.29, 1.82) is 0 Å². The van der Waals surface area contributed by atoms with Crippen LogP contribution >= 0.6 is 0 Å². The topological polar surface area (TPSA) is 71.8 Å². The molecule has 2 amide bonds. The average Bonchev–Trinajstić information content (AvgIpc) is 3.24. The van der Waals surface area contributed by atoms with Crippen LogP contribution in [0.25, 0.3) is 0 Å². The van der Waals surface area contributed by atoms with E-state index in [9.17, 15) is 9.59 Å². The van der Waals surface area contributed by atoms with Crippen molar-refractivity contribution in [3.8, 4) is 5.75 Å². The molecule has 6 heteroatoms. The van der Waals surface area contributed by atoms with Gasteiger partial charge in [-0.3, -0.25) is 9.59 Å². The quantitative estimate of drug-likeness (QED) is 0.875. The SMILES string of the molecule is COc1ccc(N2C[C@@H](C(=O)N[C@H](C)Cc3ccco3)CC2=O)cc1. The van der Waals surface area contributed by atoms with Gasteiger partial charge in [0.1, 0.15) is 11.5 Å². The van der Waals surface area contributed by atoms with E-state index in [1.54, 1.807) is 30.4 Å². The van der Waals surface area contributed by atoms with Crippen LogP contribution in [0.15, 0.2) is 47.1 Å². The van der Waals surface area contributed by atoms with Crippen LogP contribution in [0.1, 0.15) is 19.1 Å². The summed E-state index contributed by atoms with van der Waals surface area (Å²) < 4.78 is 10.4. The minimum absolute atomic E-state index is 0.0380. The van der Waals surface area contributed by atoms with Gasteiger partial charge in [-0.05, 0) is 43.3 Å². The van der Waals surface area contributed by atoms with E-state index < -0.39 is 0 Å². The highest BCUT2D eigenvalue weighted by Crippen LogP contribution is 2.27. The summed E-state index contributed by atoms with van der Waals surface area (Å²) in [5, 5.41) is 2.97. The second-order valence-electron chi connectivity index (χ2n) is 6.30. The molecule has 1 aliphatic heterocycles. The number of carbonyl (C=O) groups excluding carboxylic acids is 2. The summed E-state index contributed by atoms with van der Waals surface area (Å²) in [4.78, 5) is 26.4. The van der Waals surface area contributed by atoms with E-state index in [1.165, 1.54) is 0 Å². The minimum Gasteiger partial charge on any atom is -0.497 e. The fourth-order valence-corrected chi connectivity index (χ4v) is 3.04. The number of carbonyl (C=O) groups is 2. The van der Waals surface area contributed by atoms with Gasteiger partial charge in [-0.1, -0.05) is 0 Å². The van der Waals surface area contributed by atoms with E-state index in [0.717, 1.165) is 17.2 Å². The summed E-state index contributed by atoms with van der Waals surface area (Å²) in [6.45, 7) is 2.32. The number of hydrogen-bond acceptors (Lipinski definition) is 4. The largest absolute Gasteiger partial charge is 0.497 e. The summed E-state index contributed by atoms with van der Waals surface area (Å²) in [5.41, 5.74) is 0.782. The number of benzene rings is 1. The lowest BCUT2D eigenvalue weighted by Gasteiger charge is -2.18. The number of nitrogens with zero attached hydrogens (tertiary/aromatic N) is 1. The third-order valence-electron chi connectivity index (χ3n) is 4.36. The molecule has 6 nitrogen and oxygen atoms in total. The molecule has 0 bridgehead atoms. The van der Waals surface area contributed by atoms with Gasteiger partial charge in [0, 0.05) is 31.1 Å². The second kappa shape index (κ2) is 7.42. The molecule has 25 heavy (non-hydrogen) atoms. The van der Waals surface area contributed by atoms with E-state index in [1.807, 2.05) is 31.2 Å². The fourth-order valence-electron chi connectivity index (χ4n) is 3.04. The van der Waals surface area contributed by atoms with Crippen molar-refractivity contribution in [3.63, 3.8) is 0 Å². The van der Waals surface area contributed by atoms with E-state index >= 15 is 0 Å². The average molecular weight is 342 g/mol. The molecule has 0 spiro atoms. The zero-order chi connectivity index (χ0) is 17.8. The number of ether oxygens (including phenoxy) is 1. The Morgan fingerprint density at radius 1 is 1.36 bits per heavy atom. The number of furan rings is 1. The van der Waals surface area contributed by atoms with E-state index in [4.69, 9.17) is 9.15 Å². The molecule has 0 unspecified atom stereocenters. The summed E-state index contributed by atoms with van der Waals surface area (Å²) >= 11 is 0. The highest BCUT2D eigenvalue weighted by Gasteiger charge is 2.35. The number of methoxy groups -OCH3 is 1. The Labute approximate surface area is 146 Å². The molecule has 2 aromatic rings. The molecule has 1 aromatic heterocycles. The maximum absolute atomic E-state index is 12.5. The second-order valence-corrected chi connectivity index (χ2v) is 6.30. The lowest BCUT2D eigenvalue weighted by atomic mass is 10.1. The molecule has 1 fully saturated rings. The molecule has 1 saturated heterocycles. The van der Waals surface area contributed by atoms with Crippen LogP contribution in [-0.4, -0.2) is 31.5 Å². The Balaban J connectivity index is 1.58. The van der Waals surface area contributed by atoms with Crippen molar-refractivity contribution in [2.45, 2.75) is 25.8 Å². The van der Waals surface area contributed by atoms with Crippen molar-refractivity contribution in [3.05, 3.63) is 48.4 Å². The highest BCUT2D eigenvalue weighted by molar-refractivity contribution is 6.00. The first-order valence-corrected chi connectivity index (χ1v) is 8.34. The molecule has 0 aliphatic carbocycles. The Hall–Kier alpha value is -2.76. The van der Waals surface area contributed by atoms with E-state index in [0.29, 0.717) is 13.0 Å². The Morgan fingerprint density at radius 2 is 2.12 bits per heavy atom. The van der Waals surface area contributed by atoms with Gasteiger partial charge in [-0.15, -0.1) is 0 Å². The summed E-state index contributed by atoms with van der Waals surface area (Å²) in [6, 6.07) is 10.9. The van der Waals surface area contributed by atoms with Gasteiger partial charge < -0.3 is 19.4 Å². The number of anilines is 1. The third-order valence-corrected chi connectivity index (χ3v) is 4.36. The standard InChI is InChI=1S/C19H22N2O4/c1-13(10-17-4-3-9-25-17)20-19(23)14-11-18(22)21(12-14)15-5-7-16(24-2)8-6-15/h3-9,13-14H,10-12H2,1-2H3,(H,20,23)/t13-,14+/m1/s1. The molecule has 0 saturated carbocycles. The van der Waals surface area contributed by atoms with E-state index in [2.05, 4.69) is 5.32 Å². The van der Waals surface area contributed by atoms with Gasteiger partial charge in [-0.2, -0.15) is 0 Å². The minimum atomic E-state index is -0.339. The number of rotatable bonds is 6. The number of nitrogens with one attached hydrogen (secondary N) is 1. The maximum Gasteiger partial charge on any atom is 0.227 e. The molecule has 1 N–H and O–H groups in total. The Bertz CT molecular complexity index is 724. The molecule has 132 valence electrons. The molecule has 1 aliphatic rings. The zero-order valence-corrected chi connectivity index (χ0v) is 14.4. The smallest absolute Gasteiger partial charge is 0.227 e. The summed E-state index contributed by atoms with van der Waals surface area (Å²) in [6.07, 6.45) is 2.47. The lowest BCUT2D eigenvalue weighted by molar-refractivity contribution is -0.126.